The van der Waals surface area contributed by atoms with Crippen molar-refractivity contribution >= 4 is 11.9 Å². The maximum absolute atomic E-state index is 12.6. The van der Waals surface area contributed by atoms with Crippen molar-refractivity contribution in [2.45, 2.75) is 13.1 Å². The first kappa shape index (κ1) is 16.5. The van der Waals surface area contributed by atoms with Crippen LogP contribution in [-0.4, -0.2) is 42.9 Å². The van der Waals surface area contributed by atoms with Crippen LogP contribution in [0.3, 0.4) is 0 Å². The number of methoxy groups -OCH3 is 1. The lowest BCUT2D eigenvalue weighted by Gasteiger charge is -2.09. The number of ether oxygens (including phenoxy) is 1. The van der Waals surface area contributed by atoms with Crippen molar-refractivity contribution in [1.82, 2.24) is 29.2 Å². The largest absolute Gasteiger partial charge is 0.468 e. The lowest BCUT2D eigenvalue weighted by atomic mass is 10.3. The zero-order chi connectivity index (χ0) is 17.8. The number of imidazole rings is 1. The molecule has 3 aromatic rings. The van der Waals surface area contributed by atoms with E-state index in [1.54, 1.807) is 28.7 Å². The Kier molecular flexibility index (Phi) is 4.64. The summed E-state index contributed by atoms with van der Waals surface area (Å²) < 4.78 is 9.72. The zero-order valence-corrected chi connectivity index (χ0v) is 13.9. The summed E-state index contributed by atoms with van der Waals surface area (Å²) in [5.41, 5.74) is 0.449. The molecule has 1 amide bonds. The molecule has 0 spiro atoms. The molecule has 0 bridgehead atoms. The topological polar surface area (TPSA) is 96.0 Å². The van der Waals surface area contributed by atoms with Crippen molar-refractivity contribution in [2.24, 2.45) is 7.05 Å². The average Bonchev–Trinajstić information content (AvgIpc) is 3.33. The molecule has 3 aromatic heterocycles. The summed E-state index contributed by atoms with van der Waals surface area (Å²) in [5, 5.41) is 6.97. The molecule has 0 fully saturated rings. The summed E-state index contributed by atoms with van der Waals surface area (Å²) in [6.07, 6.45) is 8.44. The minimum atomic E-state index is -0.382. The first-order chi connectivity index (χ1) is 12.1. The fourth-order valence-electron chi connectivity index (χ4n) is 2.48. The predicted octanol–water partition coefficient (Wildman–Crippen LogP) is 0.510. The van der Waals surface area contributed by atoms with Gasteiger partial charge in [0, 0.05) is 31.8 Å². The molecule has 0 atom stereocenters. The molecule has 0 aliphatic rings. The van der Waals surface area contributed by atoms with Crippen LogP contribution in [0.25, 0.3) is 5.82 Å². The van der Waals surface area contributed by atoms with Gasteiger partial charge in [0.25, 0.3) is 5.91 Å². The number of amides is 1. The Balaban J connectivity index is 1.73. The number of aryl methyl sites for hydroxylation is 1. The molecule has 0 aliphatic heterocycles. The molecular formula is C16H18N6O3. The smallest absolute Gasteiger partial charge is 0.325 e. The van der Waals surface area contributed by atoms with Crippen LogP contribution in [0.5, 0.6) is 0 Å². The average molecular weight is 342 g/mol. The number of carbonyl (C=O) groups excluding carboxylic acids is 2. The number of aromatic nitrogens is 5. The zero-order valence-electron chi connectivity index (χ0n) is 13.9. The Morgan fingerprint density at radius 3 is 2.72 bits per heavy atom. The molecule has 0 aromatic carbocycles. The molecule has 130 valence electrons. The number of carbonyl (C=O) groups is 2. The molecule has 3 heterocycles. The number of hydrogen-bond donors (Lipinski definition) is 1. The van der Waals surface area contributed by atoms with Crippen molar-refractivity contribution in [2.75, 3.05) is 7.11 Å². The molecule has 9 heteroatoms. The summed E-state index contributed by atoms with van der Waals surface area (Å²) in [6, 6.07) is 3.75. The molecule has 0 unspecified atom stereocenters. The van der Waals surface area contributed by atoms with Gasteiger partial charge in [-0.3, -0.25) is 14.3 Å². The van der Waals surface area contributed by atoms with Crippen molar-refractivity contribution in [3.8, 4) is 5.82 Å². The minimum Gasteiger partial charge on any atom is -0.468 e. The molecule has 9 nitrogen and oxygen atoms in total. The first-order valence-electron chi connectivity index (χ1n) is 7.60. The summed E-state index contributed by atoms with van der Waals surface area (Å²) in [7, 11) is 3.10. The van der Waals surface area contributed by atoms with Gasteiger partial charge in [-0.15, -0.1) is 0 Å². The fourth-order valence-corrected chi connectivity index (χ4v) is 2.48. The summed E-state index contributed by atoms with van der Waals surface area (Å²) >= 11 is 0. The van der Waals surface area contributed by atoms with Gasteiger partial charge in [-0.1, -0.05) is 0 Å². The second kappa shape index (κ2) is 7.04. The quantitative estimate of drug-likeness (QED) is 0.659. The Labute approximate surface area is 143 Å². The minimum absolute atomic E-state index is 0.0449. The van der Waals surface area contributed by atoms with Crippen LogP contribution in [0.15, 0.2) is 43.1 Å². The van der Waals surface area contributed by atoms with Crippen LogP contribution in [0.2, 0.25) is 0 Å². The second-order valence-electron chi connectivity index (χ2n) is 5.33. The normalized spacial score (nSPS) is 10.6. The third kappa shape index (κ3) is 3.44. The lowest BCUT2D eigenvalue weighted by molar-refractivity contribution is -0.141. The SMILES string of the molecule is COC(=O)Cn1ccnc1CNC(=O)c1cnn(C)c1-n1cccc1. The van der Waals surface area contributed by atoms with Gasteiger partial charge in [-0.05, 0) is 12.1 Å². The van der Waals surface area contributed by atoms with Crippen molar-refractivity contribution < 1.29 is 14.3 Å². The van der Waals surface area contributed by atoms with Gasteiger partial charge in [-0.25, -0.2) is 4.98 Å². The van der Waals surface area contributed by atoms with E-state index in [0.717, 1.165) is 0 Å². The highest BCUT2D eigenvalue weighted by Crippen LogP contribution is 2.14. The molecule has 0 radical (unpaired) electrons. The number of nitrogens with one attached hydrogen (secondary N) is 1. The summed E-state index contributed by atoms with van der Waals surface area (Å²) in [4.78, 5) is 28.1. The predicted molar refractivity (Wildman–Crippen MR) is 87.9 cm³/mol. The van der Waals surface area contributed by atoms with Crippen LogP contribution in [0.1, 0.15) is 16.2 Å². The highest BCUT2D eigenvalue weighted by molar-refractivity contribution is 5.97. The van der Waals surface area contributed by atoms with Gasteiger partial charge >= 0.3 is 5.97 Å². The molecular weight excluding hydrogens is 324 g/mol. The summed E-state index contributed by atoms with van der Waals surface area (Å²) in [5.74, 6) is 0.572. The van der Waals surface area contributed by atoms with E-state index < -0.39 is 0 Å². The van der Waals surface area contributed by atoms with E-state index in [4.69, 9.17) is 0 Å². The van der Waals surface area contributed by atoms with E-state index in [0.29, 0.717) is 17.2 Å². The third-order valence-corrected chi connectivity index (χ3v) is 3.74. The number of hydrogen-bond acceptors (Lipinski definition) is 5. The van der Waals surface area contributed by atoms with Crippen LogP contribution in [0.4, 0.5) is 0 Å². The first-order valence-corrected chi connectivity index (χ1v) is 7.60. The van der Waals surface area contributed by atoms with Crippen molar-refractivity contribution in [3.63, 3.8) is 0 Å². The van der Waals surface area contributed by atoms with Crippen LogP contribution in [-0.2, 0) is 29.7 Å². The van der Waals surface area contributed by atoms with E-state index in [-0.39, 0.29) is 25.0 Å². The standard InChI is InChI=1S/C16H18N6O3/c1-20-16(21-6-3-4-7-21)12(9-19-20)15(24)18-10-13-17-5-8-22(13)11-14(23)25-2/h3-9H,10-11H2,1-2H3,(H,18,24). The van der Waals surface area contributed by atoms with E-state index in [1.807, 2.05) is 29.1 Å². The van der Waals surface area contributed by atoms with Gasteiger partial charge in [0.15, 0.2) is 0 Å². The maximum Gasteiger partial charge on any atom is 0.325 e. The Hall–Kier alpha value is -3.36. The van der Waals surface area contributed by atoms with E-state index in [2.05, 4.69) is 20.1 Å². The molecule has 0 saturated carbocycles. The molecule has 3 rings (SSSR count). The number of esters is 1. The molecule has 0 saturated heterocycles. The second-order valence-corrected chi connectivity index (χ2v) is 5.33. The molecule has 25 heavy (non-hydrogen) atoms. The lowest BCUT2D eigenvalue weighted by Crippen LogP contribution is -2.26. The van der Waals surface area contributed by atoms with Gasteiger partial charge in [0.1, 0.15) is 23.8 Å². The van der Waals surface area contributed by atoms with Gasteiger partial charge in [0.05, 0.1) is 19.9 Å². The van der Waals surface area contributed by atoms with E-state index in [1.165, 1.54) is 13.3 Å². The van der Waals surface area contributed by atoms with Crippen LogP contribution >= 0.6 is 0 Å². The van der Waals surface area contributed by atoms with Gasteiger partial charge in [-0.2, -0.15) is 5.10 Å². The number of rotatable bonds is 6. The maximum atomic E-state index is 12.6. The Bertz CT molecular complexity index is 878. The summed E-state index contributed by atoms with van der Waals surface area (Å²) in [6.45, 7) is 0.228. The Morgan fingerprint density at radius 1 is 1.24 bits per heavy atom. The highest BCUT2D eigenvalue weighted by atomic mass is 16.5. The van der Waals surface area contributed by atoms with E-state index >= 15 is 0 Å². The van der Waals surface area contributed by atoms with Crippen molar-refractivity contribution in [3.05, 3.63) is 54.5 Å². The molecule has 1 N–H and O–H groups in total. The fraction of sp³-hybridized carbons (Fsp3) is 0.250. The van der Waals surface area contributed by atoms with Crippen LogP contribution < -0.4 is 5.32 Å². The van der Waals surface area contributed by atoms with Gasteiger partial charge in [0.2, 0.25) is 0 Å². The number of nitrogens with zero attached hydrogens (tertiary/aromatic N) is 5. The van der Waals surface area contributed by atoms with Crippen LogP contribution in [0, 0.1) is 0 Å². The van der Waals surface area contributed by atoms with Crippen molar-refractivity contribution in [1.29, 1.82) is 0 Å². The third-order valence-electron chi connectivity index (χ3n) is 3.74. The highest BCUT2D eigenvalue weighted by Gasteiger charge is 2.18. The monoisotopic (exact) mass is 342 g/mol. The van der Waals surface area contributed by atoms with Gasteiger partial charge < -0.3 is 19.2 Å². The molecule has 0 aliphatic carbocycles. The van der Waals surface area contributed by atoms with E-state index in [9.17, 15) is 9.59 Å². The Morgan fingerprint density at radius 2 is 2.00 bits per heavy atom.